The number of aromatic nitrogens is 1. The molecule has 0 N–H and O–H groups in total. The lowest BCUT2D eigenvalue weighted by atomic mass is 9.67. The van der Waals surface area contributed by atoms with Gasteiger partial charge in [0.25, 0.3) is 0 Å². The van der Waals surface area contributed by atoms with Crippen molar-refractivity contribution in [3.05, 3.63) is 301 Å². The Morgan fingerprint density at radius 3 is 1.42 bits per heavy atom. The SMILES string of the molecule is c1ccc(-c2ccccc2-c2c(-c3ccccc3)cccc2N(c2ccc3c(c2)C(c2ccccc2)(c2ccccc2)c2ccccc2-3)c2ccccc2-n2c3ccccc3c3ccccc32)cc1. The largest absolute Gasteiger partial charge is 0.308 e. The van der Waals surface area contributed by atoms with Crippen LogP contribution in [0.1, 0.15) is 22.3 Å². The average molecular weight is 879 g/mol. The zero-order valence-electron chi connectivity index (χ0n) is 38.0. The van der Waals surface area contributed by atoms with Crippen LogP contribution in [0.4, 0.5) is 17.1 Å². The van der Waals surface area contributed by atoms with Gasteiger partial charge >= 0.3 is 0 Å². The van der Waals surface area contributed by atoms with E-state index in [4.69, 9.17) is 0 Å². The van der Waals surface area contributed by atoms with Gasteiger partial charge in [0.15, 0.2) is 0 Å². The van der Waals surface area contributed by atoms with E-state index in [2.05, 4.69) is 289 Å². The van der Waals surface area contributed by atoms with E-state index in [1.165, 1.54) is 55.3 Å². The van der Waals surface area contributed by atoms with Gasteiger partial charge < -0.3 is 9.47 Å². The molecule has 0 amide bonds. The molecule has 13 rings (SSSR count). The molecule has 1 aliphatic carbocycles. The van der Waals surface area contributed by atoms with Gasteiger partial charge in [-0.1, -0.05) is 237 Å². The molecule has 324 valence electrons. The molecule has 0 saturated carbocycles. The van der Waals surface area contributed by atoms with E-state index >= 15 is 0 Å². The van der Waals surface area contributed by atoms with E-state index in [0.717, 1.165) is 56.0 Å². The van der Waals surface area contributed by atoms with Crippen LogP contribution in [0.25, 0.3) is 72.0 Å². The number of benzene rings is 11. The second kappa shape index (κ2) is 16.7. The molecule has 0 radical (unpaired) electrons. The summed E-state index contributed by atoms with van der Waals surface area (Å²) in [4.78, 5) is 2.55. The summed E-state index contributed by atoms with van der Waals surface area (Å²) in [5, 5.41) is 2.45. The van der Waals surface area contributed by atoms with Gasteiger partial charge in [0.1, 0.15) is 0 Å². The van der Waals surface area contributed by atoms with Crippen LogP contribution >= 0.6 is 0 Å². The van der Waals surface area contributed by atoms with Gasteiger partial charge in [0.05, 0.1) is 33.5 Å². The maximum Gasteiger partial charge on any atom is 0.0714 e. The van der Waals surface area contributed by atoms with Crippen molar-refractivity contribution in [2.75, 3.05) is 4.90 Å². The normalized spacial score (nSPS) is 12.5. The van der Waals surface area contributed by atoms with Crippen molar-refractivity contribution in [2.45, 2.75) is 5.41 Å². The van der Waals surface area contributed by atoms with Crippen molar-refractivity contribution in [1.82, 2.24) is 4.57 Å². The molecule has 0 unspecified atom stereocenters. The monoisotopic (exact) mass is 878 g/mol. The van der Waals surface area contributed by atoms with Gasteiger partial charge in [-0.25, -0.2) is 0 Å². The summed E-state index contributed by atoms with van der Waals surface area (Å²) in [5.41, 5.74) is 20.5. The summed E-state index contributed by atoms with van der Waals surface area (Å²) in [6.45, 7) is 0. The summed E-state index contributed by atoms with van der Waals surface area (Å²) < 4.78 is 2.47. The second-order valence-electron chi connectivity index (χ2n) is 17.9. The lowest BCUT2D eigenvalue weighted by molar-refractivity contribution is 0.768. The molecule has 1 heterocycles. The van der Waals surface area contributed by atoms with Gasteiger partial charge in [-0.2, -0.15) is 0 Å². The predicted molar refractivity (Wildman–Crippen MR) is 289 cm³/mol. The lowest BCUT2D eigenvalue weighted by Crippen LogP contribution is -2.28. The molecule has 0 fully saturated rings. The molecule has 0 saturated heterocycles. The third kappa shape index (κ3) is 6.41. The molecule has 12 aromatic rings. The zero-order valence-corrected chi connectivity index (χ0v) is 38.0. The smallest absolute Gasteiger partial charge is 0.0714 e. The molecule has 0 atom stereocenters. The maximum absolute atomic E-state index is 2.55. The van der Waals surface area contributed by atoms with Gasteiger partial charge in [-0.15, -0.1) is 0 Å². The molecular weight excluding hydrogens is 833 g/mol. The Hall–Kier alpha value is -8.98. The van der Waals surface area contributed by atoms with E-state index in [1.54, 1.807) is 0 Å². The van der Waals surface area contributed by atoms with Crippen LogP contribution in [0.5, 0.6) is 0 Å². The summed E-state index contributed by atoms with van der Waals surface area (Å²) in [5.74, 6) is 0. The van der Waals surface area contributed by atoms with Crippen molar-refractivity contribution in [3.8, 4) is 50.2 Å². The fraction of sp³-hybridized carbons (Fsp3) is 0.0149. The first-order chi connectivity index (χ1) is 34.3. The highest BCUT2D eigenvalue weighted by molar-refractivity contribution is 6.10. The average Bonchev–Trinajstić information content (AvgIpc) is 3.92. The van der Waals surface area contributed by atoms with Gasteiger partial charge in [-0.3, -0.25) is 0 Å². The van der Waals surface area contributed by atoms with E-state index in [0.29, 0.717) is 0 Å². The lowest BCUT2D eigenvalue weighted by Gasteiger charge is -2.35. The Bertz CT molecular complexity index is 3740. The third-order valence-corrected chi connectivity index (χ3v) is 14.3. The first kappa shape index (κ1) is 40.3. The standard InChI is InChI=1S/C67H46N2/c1-5-24-47(25-6-1)52-32-13-14-36-58(52)66-53(48-26-7-2-8-27-48)37-23-43-65(66)68(63-41-21-22-42-64(63)69-61-39-19-16-34-56(61)57-35-17-20-40-62(57)69)51-44-45-55-54-33-15-18-38-59(54)67(60(55)46-51,49-28-9-3-10-29-49)50-30-11-4-12-31-50/h1-46H. The van der Waals surface area contributed by atoms with Gasteiger partial charge in [0, 0.05) is 22.0 Å². The van der Waals surface area contributed by atoms with Crippen LogP contribution in [0.15, 0.2) is 279 Å². The summed E-state index contributed by atoms with van der Waals surface area (Å²) >= 11 is 0. The zero-order chi connectivity index (χ0) is 45.7. The fourth-order valence-electron chi connectivity index (χ4n) is 11.4. The number of para-hydroxylation sites is 4. The van der Waals surface area contributed by atoms with Crippen LogP contribution < -0.4 is 4.90 Å². The second-order valence-corrected chi connectivity index (χ2v) is 17.9. The van der Waals surface area contributed by atoms with Crippen molar-refractivity contribution in [1.29, 1.82) is 0 Å². The number of anilines is 3. The molecule has 0 spiro atoms. The Morgan fingerprint density at radius 2 is 0.768 bits per heavy atom. The molecule has 1 aromatic heterocycles. The fourth-order valence-corrected chi connectivity index (χ4v) is 11.4. The van der Waals surface area contributed by atoms with E-state index in [1.807, 2.05) is 0 Å². The highest BCUT2D eigenvalue weighted by Crippen LogP contribution is 2.58. The molecule has 69 heavy (non-hydrogen) atoms. The minimum Gasteiger partial charge on any atom is -0.308 e. The summed E-state index contributed by atoms with van der Waals surface area (Å²) in [6, 6.07) is 103. The van der Waals surface area contributed by atoms with E-state index in [-0.39, 0.29) is 0 Å². The first-order valence-corrected chi connectivity index (χ1v) is 23.9. The highest BCUT2D eigenvalue weighted by atomic mass is 15.2. The Balaban J connectivity index is 1.17. The summed E-state index contributed by atoms with van der Waals surface area (Å²) in [6.07, 6.45) is 0. The van der Waals surface area contributed by atoms with Crippen molar-refractivity contribution >= 4 is 38.9 Å². The Labute approximate surface area is 403 Å². The van der Waals surface area contributed by atoms with Crippen LogP contribution in [0.2, 0.25) is 0 Å². The number of nitrogens with zero attached hydrogens (tertiary/aromatic N) is 2. The van der Waals surface area contributed by atoms with Crippen LogP contribution in [-0.2, 0) is 5.41 Å². The number of hydrogen-bond donors (Lipinski definition) is 0. The molecular formula is C67H46N2. The van der Waals surface area contributed by atoms with Crippen molar-refractivity contribution in [2.24, 2.45) is 0 Å². The minimum absolute atomic E-state index is 0.586. The topological polar surface area (TPSA) is 8.17 Å². The van der Waals surface area contributed by atoms with E-state index in [9.17, 15) is 0 Å². The van der Waals surface area contributed by atoms with Crippen LogP contribution in [-0.4, -0.2) is 4.57 Å². The quantitative estimate of drug-likeness (QED) is 0.140. The molecule has 1 aliphatic rings. The number of fused-ring (bicyclic) bond motifs is 6. The molecule has 11 aromatic carbocycles. The van der Waals surface area contributed by atoms with Crippen LogP contribution in [0, 0.1) is 0 Å². The number of rotatable bonds is 9. The first-order valence-electron chi connectivity index (χ1n) is 23.9. The Morgan fingerprint density at radius 1 is 0.304 bits per heavy atom. The van der Waals surface area contributed by atoms with Crippen LogP contribution in [0.3, 0.4) is 0 Å². The summed E-state index contributed by atoms with van der Waals surface area (Å²) in [7, 11) is 0. The number of hydrogen-bond acceptors (Lipinski definition) is 1. The van der Waals surface area contributed by atoms with Gasteiger partial charge in [0.2, 0.25) is 0 Å². The van der Waals surface area contributed by atoms with Crippen molar-refractivity contribution in [3.63, 3.8) is 0 Å². The predicted octanol–water partition coefficient (Wildman–Crippen LogP) is 17.6. The molecule has 2 nitrogen and oxygen atoms in total. The third-order valence-electron chi connectivity index (χ3n) is 14.3. The maximum atomic E-state index is 2.55. The van der Waals surface area contributed by atoms with Crippen molar-refractivity contribution < 1.29 is 0 Å². The highest BCUT2D eigenvalue weighted by Gasteiger charge is 2.46. The Kier molecular flexibility index (Phi) is 9.77. The molecule has 2 heteroatoms. The molecule has 0 bridgehead atoms. The minimum atomic E-state index is -0.586. The van der Waals surface area contributed by atoms with E-state index < -0.39 is 5.41 Å². The van der Waals surface area contributed by atoms with Gasteiger partial charge in [-0.05, 0) is 104 Å². The molecule has 0 aliphatic heterocycles.